The van der Waals surface area contributed by atoms with Gasteiger partial charge in [-0.05, 0) is 37.6 Å². The van der Waals surface area contributed by atoms with E-state index in [1.807, 2.05) is 24.3 Å². The van der Waals surface area contributed by atoms with Crippen molar-refractivity contribution in [3.05, 3.63) is 28.7 Å². The lowest BCUT2D eigenvalue weighted by Crippen LogP contribution is -2.44. The molecule has 86 valence electrons. The minimum atomic E-state index is -0.107. The number of benzene rings is 1. The molecule has 16 heavy (non-hydrogen) atoms. The predicted molar refractivity (Wildman–Crippen MR) is 68.1 cm³/mol. The van der Waals surface area contributed by atoms with Gasteiger partial charge in [-0.25, -0.2) is 10.4 Å². The van der Waals surface area contributed by atoms with Crippen molar-refractivity contribution in [3.63, 3.8) is 0 Å². The summed E-state index contributed by atoms with van der Waals surface area (Å²) in [6.45, 7) is 4.16. The average Bonchev–Trinajstić information content (AvgIpc) is 2.57. The smallest absolute Gasteiger partial charge is 0.243 e. The Morgan fingerprint density at radius 1 is 1.44 bits per heavy atom. The van der Waals surface area contributed by atoms with Gasteiger partial charge in [0.25, 0.3) is 0 Å². The number of carbonyl (C=O) groups excluding carboxylic acids is 1. The molecule has 1 unspecified atom stereocenters. The van der Waals surface area contributed by atoms with E-state index >= 15 is 0 Å². The summed E-state index contributed by atoms with van der Waals surface area (Å²) >= 11 is 3.38. The first-order chi connectivity index (χ1) is 7.54. The van der Waals surface area contributed by atoms with Crippen molar-refractivity contribution in [3.8, 4) is 0 Å². The van der Waals surface area contributed by atoms with E-state index in [2.05, 4.69) is 35.2 Å². The SMILES string of the molecule is CCC1(C)CC(=O)N(c2ccc(Br)cc2)N1. The Morgan fingerprint density at radius 2 is 2.06 bits per heavy atom. The van der Waals surface area contributed by atoms with Crippen LogP contribution in [0.15, 0.2) is 28.7 Å². The zero-order valence-corrected chi connectivity index (χ0v) is 11.0. The molecule has 4 heteroatoms. The molecule has 1 N–H and O–H groups in total. The maximum Gasteiger partial charge on any atom is 0.243 e. The van der Waals surface area contributed by atoms with E-state index in [1.54, 1.807) is 5.01 Å². The van der Waals surface area contributed by atoms with Crippen LogP contribution in [-0.4, -0.2) is 11.4 Å². The first-order valence-electron chi connectivity index (χ1n) is 5.40. The topological polar surface area (TPSA) is 32.3 Å². The summed E-state index contributed by atoms with van der Waals surface area (Å²) in [6, 6.07) is 7.73. The van der Waals surface area contributed by atoms with Crippen LogP contribution in [0.5, 0.6) is 0 Å². The molecular weight excluding hydrogens is 268 g/mol. The molecule has 1 aliphatic heterocycles. The highest BCUT2D eigenvalue weighted by molar-refractivity contribution is 9.10. The van der Waals surface area contributed by atoms with Crippen molar-refractivity contribution in [2.24, 2.45) is 0 Å². The normalized spacial score (nSPS) is 25.2. The van der Waals surface area contributed by atoms with E-state index in [1.165, 1.54) is 0 Å². The number of nitrogens with zero attached hydrogens (tertiary/aromatic N) is 1. The fourth-order valence-electron chi connectivity index (χ4n) is 1.79. The summed E-state index contributed by atoms with van der Waals surface area (Å²) < 4.78 is 1.01. The Kier molecular flexibility index (Phi) is 3.04. The van der Waals surface area contributed by atoms with Crippen LogP contribution in [0.4, 0.5) is 5.69 Å². The highest BCUT2D eigenvalue weighted by Gasteiger charge is 2.38. The van der Waals surface area contributed by atoms with Gasteiger partial charge in [0.05, 0.1) is 5.69 Å². The van der Waals surface area contributed by atoms with Gasteiger partial charge in [0.1, 0.15) is 0 Å². The second kappa shape index (κ2) is 4.18. The van der Waals surface area contributed by atoms with Crippen LogP contribution < -0.4 is 10.4 Å². The van der Waals surface area contributed by atoms with E-state index in [0.717, 1.165) is 16.6 Å². The molecule has 1 heterocycles. The second-order valence-corrected chi connectivity index (χ2v) is 5.32. The van der Waals surface area contributed by atoms with Crippen molar-refractivity contribution in [1.82, 2.24) is 5.43 Å². The molecule has 1 saturated heterocycles. The van der Waals surface area contributed by atoms with Crippen LogP contribution in [0.1, 0.15) is 26.7 Å². The molecule has 1 aromatic carbocycles. The highest BCUT2D eigenvalue weighted by Crippen LogP contribution is 2.27. The number of hydrogen-bond acceptors (Lipinski definition) is 2. The molecule has 1 aliphatic rings. The van der Waals surface area contributed by atoms with Crippen LogP contribution in [0.3, 0.4) is 0 Å². The quantitative estimate of drug-likeness (QED) is 0.905. The average molecular weight is 283 g/mol. The molecule has 2 rings (SSSR count). The minimum absolute atomic E-state index is 0.107. The minimum Gasteiger partial charge on any atom is -0.273 e. The number of amides is 1. The molecule has 0 spiro atoms. The summed E-state index contributed by atoms with van der Waals surface area (Å²) in [5, 5.41) is 1.65. The number of anilines is 1. The van der Waals surface area contributed by atoms with Crippen molar-refractivity contribution in [2.75, 3.05) is 5.01 Å². The number of rotatable bonds is 2. The maximum absolute atomic E-state index is 11.9. The molecule has 0 bridgehead atoms. The maximum atomic E-state index is 11.9. The third-order valence-corrected chi connectivity index (χ3v) is 3.57. The Morgan fingerprint density at radius 3 is 2.56 bits per heavy atom. The lowest BCUT2D eigenvalue weighted by molar-refractivity contribution is -0.117. The Hall–Kier alpha value is -0.870. The predicted octanol–water partition coefficient (Wildman–Crippen LogP) is 2.86. The first-order valence-corrected chi connectivity index (χ1v) is 6.20. The van der Waals surface area contributed by atoms with Crippen molar-refractivity contribution in [1.29, 1.82) is 0 Å². The van der Waals surface area contributed by atoms with E-state index in [9.17, 15) is 4.79 Å². The van der Waals surface area contributed by atoms with Crippen molar-refractivity contribution < 1.29 is 4.79 Å². The lowest BCUT2D eigenvalue weighted by Gasteiger charge is -2.24. The van der Waals surface area contributed by atoms with Gasteiger partial charge in [0, 0.05) is 16.4 Å². The van der Waals surface area contributed by atoms with Gasteiger partial charge in [-0.3, -0.25) is 4.79 Å². The number of halogens is 1. The molecular formula is C12H15BrN2O. The van der Waals surface area contributed by atoms with Gasteiger partial charge in [-0.15, -0.1) is 0 Å². The van der Waals surface area contributed by atoms with Crippen LogP contribution in [0.25, 0.3) is 0 Å². The number of hydrogen-bond donors (Lipinski definition) is 1. The molecule has 1 amide bonds. The van der Waals surface area contributed by atoms with E-state index in [0.29, 0.717) is 6.42 Å². The molecule has 1 aromatic rings. The van der Waals surface area contributed by atoms with Crippen LogP contribution in [0, 0.1) is 0 Å². The number of hydrazine groups is 1. The van der Waals surface area contributed by atoms with Crippen LogP contribution >= 0.6 is 15.9 Å². The van der Waals surface area contributed by atoms with E-state index < -0.39 is 0 Å². The van der Waals surface area contributed by atoms with Gasteiger partial charge >= 0.3 is 0 Å². The fraction of sp³-hybridized carbons (Fsp3) is 0.417. The Labute approximate surface area is 104 Å². The molecule has 1 atom stereocenters. The zero-order valence-electron chi connectivity index (χ0n) is 9.46. The second-order valence-electron chi connectivity index (χ2n) is 4.41. The van der Waals surface area contributed by atoms with Gasteiger partial charge in [-0.1, -0.05) is 22.9 Å². The number of carbonyl (C=O) groups is 1. The molecule has 0 radical (unpaired) electrons. The standard InChI is InChI=1S/C12H15BrN2O/c1-3-12(2)8-11(16)15(14-12)10-6-4-9(13)5-7-10/h4-7,14H,3,8H2,1-2H3. The van der Waals surface area contributed by atoms with Crippen LogP contribution in [0.2, 0.25) is 0 Å². The third-order valence-electron chi connectivity index (χ3n) is 3.04. The van der Waals surface area contributed by atoms with Gasteiger partial charge in [0.15, 0.2) is 0 Å². The van der Waals surface area contributed by atoms with Crippen molar-refractivity contribution >= 4 is 27.5 Å². The summed E-state index contributed by atoms with van der Waals surface area (Å²) in [6.07, 6.45) is 1.49. The third kappa shape index (κ3) is 2.13. The molecule has 3 nitrogen and oxygen atoms in total. The Bertz CT molecular complexity index is 404. The number of nitrogens with one attached hydrogen (secondary N) is 1. The lowest BCUT2D eigenvalue weighted by atomic mass is 9.97. The zero-order chi connectivity index (χ0) is 11.8. The highest BCUT2D eigenvalue weighted by atomic mass is 79.9. The molecule has 0 aromatic heterocycles. The summed E-state index contributed by atoms with van der Waals surface area (Å²) in [5.41, 5.74) is 4.06. The van der Waals surface area contributed by atoms with E-state index in [-0.39, 0.29) is 11.4 Å². The molecule has 1 fully saturated rings. The van der Waals surface area contributed by atoms with E-state index in [4.69, 9.17) is 0 Å². The van der Waals surface area contributed by atoms with Gasteiger partial charge < -0.3 is 0 Å². The van der Waals surface area contributed by atoms with Crippen molar-refractivity contribution in [2.45, 2.75) is 32.2 Å². The van der Waals surface area contributed by atoms with Crippen LogP contribution in [-0.2, 0) is 4.79 Å². The Balaban J connectivity index is 2.23. The molecule has 0 aliphatic carbocycles. The summed E-state index contributed by atoms with van der Waals surface area (Å²) in [5.74, 6) is 0.131. The summed E-state index contributed by atoms with van der Waals surface area (Å²) in [4.78, 5) is 11.9. The molecule has 0 saturated carbocycles. The monoisotopic (exact) mass is 282 g/mol. The summed E-state index contributed by atoms with van der Waals surface area (Å²) in [7, 11) is 0. The first kappa shape index (κ1) is 11.6. The van der Waals surface area contributed by atoms with Gasteiger partial charge in [0.2, 0.25) is 5.91 Å². The van der Waals surface area contributed by atoms with Gasteiger partial charge in [-0.2, -0.15) is 0 Å². The largest absolute Gasteiger partial charge is 0.273 e. The fourth-order valence-corrected chi connectivity index (χ4v) is 2.05.